The minimum Gasteiger partial charge on any atom is -0.506 e. The van der Waals surface area contributed by atoms with E-state index in [0.717, 1.165) is 0 Å². The Bertz CT molecular complexity index is 2640. The van der Waals surface area contributed by atoms with E-state index in [1.165, 1.54) is 28.1 Å². The zero-order valence-corrected chi connectivity index (χ0v) is 45.0. The van der Waals surface area contributed by atoms with Gasteiger partial charge < -0.3 is 81.0 Å². The Hall–Kier alpha value is -4.20. The van der Waals surface area contributed by atoms with Crippen LogP contribution in [-0.2, 0) is 70.9 Å². The van der Waals surface area contributed by atoms with E-state index in [9.17, 15) is 24.6 Å². The third kappa shape index (κ3) is 7.43. The standard InChI is InChI=1S/C51H68O21Si/c1-21-16-28-35(39(55)37-36(40(28)59-13)29(17-30(38(37)54)72-73(14,15)46(8,9)10)66-33-19-47(11,57)43(22(2)61-33)65-27(7)53)41-34(21)42-44-51(68-41,48(20-60-48)50(69-42,70-44)25(5)58-12)67-32-18-31(64-26(6)52)49(23(3)62-32)24(4)63-45(56)71-49/h16,22-25,29-33,42-44,55,57H,17-20H2,1-15H3/t22?,23?,24-,25?,29+,30+,31?,32?,33?,42?,43?,44?,47?,48-,49?,50?,51-/m1/s1. The molecule has 1 aliphatic carbocycles. The van der Waals surface area contributed by atoms with Gasteiger partial charge in [0.25, 0.3) is 5.79 Å². The number of phenolic OH excluding ortho intramolecular Hbond substituents is 1. The van der Waals surface area contributed by atoms with Crippen LogP contribution in [0, 0.1) is 6.92 Å². The minimum absolute atomic E-state index is 0.00385. The molecule has 402 valence electrons. The van der Waals surface area contributed by atoms with E-state index in [0.29, 0.717) is 16.5 Å². The number of hydrogen-bond donors (Lipinski definition) is 2. The van der Waals surface area contributed by atoms with Crippen molar-refractivity contribution in [1.29, 1.82) is 0 Å². The normalized spacial score (nSPS) is 40.7. The van der Waals surface area contributed by atoms with Crippen molar-refractivity contribution in [2.75, 3.05) is 20.8 Å². The summed E-state index contributed by atoms with van der Waals surface area (Å²) in [6, 6.07) is 1.81. The molecule has 6 fully saturated rings. The van der Waals surface area contributed by atoms with Gasteiger partial charge in [0, 0.05) is 56.7 Å². The largest absolute Gasteiger partial charge is 0.509 e. The molecule has 2 N–H and O–H groups in total. The summed E-state index contributed by atoms with van der Waals surface area (Å²) in [7, 11) is 0.250. The number of carbonyl (C=O) groups excluding carboxylic acids is 4. The van der Waals surface area contributed by atoms with Crippen LogP contribution < -0.4 is 9.47 Å². The monoisotopic (exact) mass is 1040 g/mol. The number of rotatable bonds is 11. The van der Waals surface area contributed by atoms with E-state index in [1.807, 2.05) is 26.1 Å². The number of epoxide rings is 1. The number of cyclic esters (lactones) is 1. The number of methoxy groups -OCH3 is 2. The van der Waals surface area contributed by atoms with Crippen molar-refractivity contribution < 1.29 is 100 Å². The Kier molecular flexibility index (Phi) is 12.3. The number of hydrogen-bond acceptors (Lipinski definition) is 21. The molecule has 22 heteroatoms. The first kappa shape index (κ1) is 52.2. The fourth-order valence-electron chi connectivity index (χ4n) is 12.4. The Morgan fingerprint density at radius 1 is 0.932 bits per heavy atom. The van der Waals surface area contributed by atoms with Gasteiger partial charge in [-0.2, -0.15) is 0 Å². The van der Waals surface area contributed by atoms with Crippen LogP contribution in [-0.4, -0.2) is 153 Å². The molecule has 73 heavy (non-hydrogen) atoms. The number of carbonyl (C=O) groups is 4. The Morgan fingerprint density at radius 3 is 2.19 bits per heavy atom. The molecular formula is C51H68O21Si. The molecule has 0 radical (unpaired) electrons. The lowest BCUT2D eigenvalue weighted by molar-refractivity contribution is -0.377. The Morgan fingerprint density at radius 2 is 1.62 bits per heavy atom. The number of aromatic hydroxyl groups is 1. The van der Waals surface area contributed by atoms with Gasteiger partial charge in [0.05, 0.1) is 36.9 Å². The molecule has 0 aromatic heterocycles. The van der Waals surface area contributed by atoms with E-state index < -0.39 is 140 Å². The van der Waals surface area contributed by atoms with Crippen LogP contribution in [0.3, 0.4) is 0 Å². The zero-order valence-electron chi connectivity index (χ0n) is 44.0. The fraction of sp³-hybridized carbons (Fsp3) is 0.725. The second kappa shape index (κ2) is 17.2. The SMILES string of the molecule is COc1c2c(c(O)c3c4c(c(C)cc13)C1OC3(C(C)OC)OC1[C@@](OC1CC(OC(C)=O)C5(OC(=O)O[C@@H]5C)C(C)O1)(O4)[C@@]31CO1)C(=O)[C@@H](O[Si](C)(C)C(C)(C)C)C[C@@H]2OC1CC(C)(O)C(OC(C)=O)C(C)O1. The second-order valence-corrected chi connectivity index (χ2v) is 27.4. The van der Waals surface area contributed by atoms with Crippen molar-refractivity contribution in [3.63, 3.8) is 0 Å². The highest BCUT2D eigenvalue weighted by molar-refractivity contribution is 6.74. The van der Waals surface area contributed by atoms with Gasteiger partial charge in [-0.1, -0.05) is 20.8 Å². The van der Waals surface area contributed by atoms with E-state index in [1.54, 1.807) is 34.6 Å². The molecule has 7 heterocycles. The summed E-state index contributed by atoms with van der Waals surface area (Å²) in [4.78, 5) is 52.7. The van der Waals surface area contributed by atoms with Crippen LogP contribution in [0.2, 0.25) is 18.1 Å². The average Bonchev–Trinajstić information content (AvgIpc) is 3.83. The number of Topliss-reactive ketones (excluding diaryl/α,β-unsaturated/α-hetero) is 1. The summed E-state index contributed by atoms with van der Waals surface area (Å²) in [6.07, 6.45) is -13.2. The topological polar surface area (TPSA) is 250 Å². The van der Waals surface area contributed by atoms with E-state index in [2.05, 4.69) is 20.8 Å². The highest BCUT2D eigenvalue weighted by Crippen LogP contribution is 2.72. The van der Waals surface area contributed by atoms with Gasteiger partial charge in [-0.05, 0) is 71.3 Å². The lowest BCUT2D eigenvalue weighted by atomic mass is 9.76. The van der Waals surface area contributed by atoms with Gasteiger partial charge in [-0.15, -0.1) is 0 Å². The highest BCUT2D eigenvalue weighted by atomic mass is 28.4. The Balaban J connectivity index is 1.13. The maximum Gasteiger partial charge on any atom is 0.509 e. The molecule has 10 rings (SSSR count). The smallest absolute Gasteiger partial charge is 0.506 e. The quantitative estimate of drug-likeness (QED) is 0.111. The number of ether oxygens (including phenoxy) is 14. The van der Waals surface area contributed by atoms with E-state index in [-0.39, 0.29) is 58.9 Å². The number of phenols is 1. The summed E-state index contributed by atoms with van der Waals surface area (Å²) in [5.74, 6) is -5.51. The molecular weight excluding hydrogens is 977 g/mol. The summed E-state index contributed by atoms with van der Waals surface area (Å²) < 4.78 is 96.1. The Labute approximate surface area is 423 Å². The van der Waals surface area contributed by atoms with Crippen LogP contribution in [0.15, 0.2) is 6.07 Å². The summed E-state index contributed by atoms with van der Waals surface area (Å²) in [5.41, 5.74) is -3.44. The molecule has 0 saturated carbocycles. The molecule has 8 aliphatic rings. The van der Waals surface area contributed by atoms with Crippen molar-refractivity contribution in [3.8, 4) is 17.2 Å². The zero-order chi connectivity index (χ0) is 53.1. The molecule has 0 amide bonds. The van der Waals surface area contributed by atoms with Gasteiger partial charge in [0.1, 0.15) is 53.4 Å². The van der Waals surface area contributed by atoms with Gasteiger partial charge in [0.15, 0.2) is 45.0 Å². The molecule has 12 unspecified atom stereocenters. The highest BCUT2D eigenvalue weighted by Gasteiger charge is 2.93. The average molecular weight is 1050 g/mol. The van der Waals surface area contributed by atoms with Crippen LogP contribution in [0.1, 0.15) is 128 Å². The first-order valence-corrected chi connectivity index (χ1v) is 27.9. The molecule has 6 saturated heterocycles. The number of esters is 2. The van der Waals surface area contributed by atoms with Gasteiger partial charge in [0.2, 0.25) is 17.0 Å². The third-order valence-electron chi connectivity index (χ3n) is 17.0. The molecule has 2 bridgehead atoms. The van der Waals surface area contributed by atoms with Crippen LogP contribution in [0.4, 0.5) is 4.79 Å². The first-order valence-electron chi connectivity index (χ1n) is 25.0. The predicted octanol–water partition coefficient (Wildman–Crippen LogP) is 6.15. The third-order valence-corrected chi connectivity index (χ3v) is 21.5. The second-order valence-electron chi connectivity index (χ2n) is 22.6. The van der Waals surface area contributed by atoms with Crippen LogP contribution in [0.25, 0.3) is 10.8 Å². The van der Waals surface area contributed by atoms with Crippen LogP contribution in [0.5, 0.6) is 17.2 Å². The lowest BCUT2D eigenvalue weighted by Crippen LogP contribution is -2.72. The molecule has 7 aliphatic heterocycles. The van der Waals surface area contributed by atoms with E-state index >= 15 is 4.79 Å². The lowest BCUT2D eigenvalue weighted by Gasteiger charge is -2.52. The number of ketones is 1. The molecule has 2 aromatic carbocycles. The van der Waals surface area contributed by atoms with Crippen LogP contribution >= 0.6 is 0 Å². The van der Waals surface area contributed by atoms with Gasteiger partial charge in [-0.3, -0.25) is 14.4 Å². The summed E-state index contributed by atoms with van der Waals surface area (Å²) in [5, 5.41) is 24.9. The van der Waals surface area contributed by atoms with Crippen molar-refractivity contribution in [2.24, 2.45) is 0 Å². The number of aliphatic hydroxyl groups is 1. The molecule has 2 aromatic rings. The number of fused-ring (bicyclic) bond motifs is 8. The van der Waals surface area contributed by atoms with E-state index in [4.69, 9.17) is 70.7 Å². The van der Waals surface area contributed by atoms with Gasteiger partial charge >= 0.3 is 18.1 Å². The number of benzene rings is 2. The molecule has 21 nitrogen and oxygen atoms in total. The van der Waals surface area contributed by atoms with Crippen molar-refractivity contribution in [1.82, 2.24) is 0 Å². The number of aryl methyl sites for hydroxylation is 1. The maximum atomic E-state index is 15.3. The summed E-state index contributed by atoms with van der Waals surface area (Å²) >= 11 is 0. The first-order chi connectivity index (χ1) is 34.0. The van der Waals surface area contributed by atoms with Crippen molar-refractivity contribution in [3.05, 3.63) is 28.3 Å². The van der Waals surface area contributed by atoms with Gasteiger partial charge in [-0.25, -0.2) is 4.79 Å². The summed E-state index contributed by atoms with van der Waals surface area (Å²) in [6.45, 7) is 22.8. The fourth-order valence-corrected chi connectivity index (χ4v) is 13.7. The predicted molar refractivity (Wildman–Crippen MR) is 252 cm³/mol. The maximum absolute atomic E-state index is 15.3. The molecule has 2 spiro atoms. The molecule has 17 atom stereocenters. The minimum atomic E-state index is -2.71. The van der Waals surface area contributed by atoms with Crippen molar-refractivity contribution >= 4 is 43.0 Å². The van der Waals surface area contributed by atoms with Crippen molar-refractivity contribution in [2.45, 2.75) is 216 Å².